The van der Waals surface area contributed by atoms with E-state index in [0.717, 1.165) is 27.0 Å². The van der Waals surface area contributed by atoms with Crippen LogP contribution >= 0.6 is 44.1 Å². The maximum absolute atomic E-state index is 13.4. The molecule has 0 amide bonds. The molecule has 0 heterocycles. The van der Waals surface area contributed by atoms with Crippen molar-refractivity contribution in [3.63, 3.8) is 0 Å². The van der Waals surface area contributed by atoms with Crippen LogP contribution in [-0.4, -0.2) is 4.99 Å². The number of anilines is 2. The minimum Gasteiger partial charge on any atom is -0.389 e. The number of thiocarbonyl (C=S) groups is 1. The SMILES string of the molecule is Cc1cc(F)c(Br)cc1Nc1ccc(C(N)=S)c(Br)c1. The highest BCUT2D eigenvalue weighted by atomic mass is 79.9. The second-order valence-electron chi connectivity index (χ2n) is 4.27. The molecule has 20 heavy (non-hydrogen) atoms. The van der Waals surface area contributed by atoms with E-state index < -0.39 is 0 Å². The first-order valence-electron chi connectivity index (χ1n) is 5.70. The molecular weight excluding hydrogens is 407 g/mol. The van der Waals surface area contributed by atoms with Crippen LogP contribution in [0.3, 0.4) is 0 Å². The van der Waals surface area contributed by atoms with Crippen molar-refractivity contribution in [3.05, 3.63) is 56.2 Å². The van der Waals surface area contributed by atoms with Crippen LogP contribution in [0.2, 0.25) is 0 Å². The Morgan fingerprint density at radius 3 is 2.50 bits per heavy atom. The zero-order chi connectivity index (χ0) is 14.9. The highest BCUT2D eigenvalue weighted by Crippen LogP contribution is 2.29. The summed E-state index contributed by atoms with van der Waals surface area (Å²) in [6, 6.07) is 8.77. The number of nitrogens with two attached hydrogens (primary N) is 1. The maximum atomic E-state index is 13.4. The van der Waals surface area contributed by atoms with E-state index in [0.29, 0.717) is 9.46 Å². The molecule has 2 nitrogen and oxygen atoms in total. The molecule has 0 aliphatic carbocycles. The van der Waals surface area contributed by atoms with Crippen LogP contribution in [0.4, 0.5) is 15.8 Å². The minimum atomic E-state index is -0.280. The molecule has 0 radical (unpaired) electrons. The fraction of sp³-hybridized carbons (Fsp3) is 0.0714. The Labute approximate surface area is 138 Å². The summed E-state index contributed by atoms with van der Waals surface area (Å²) < 4.78 is 14.6. The Kier molecular flexibility index (Phi) is 4.78. The van der Waals surface area contributed by atoms with Gasteiger partial charge in [-0.15, -0.1) is 0 Å². The summed E-state index contributed by atoms with van der Waals surface area (Å²) in [6.45, 7) is 1.84. The van der Waals surface area contributed by atoms with Crippen molar-refractivity contribution in [2.75, 3.05) is 5.32 Å². The lowest BCUT2D eigenvalue weighted by Gasteiger charge is -2.12. The minimum absolute atomic E-state index is 0.280. The van der Waals surface area contributed by atoms with Crippen molar-refractivity contribution < 1.29 is 4.39 Å². The highest BCUT2D eigenvalue weighted by molar-refractivity contribution is 9.10. The summed E-state index contributed by atoms with van der Waals surface area (Å²) in [5.74, 6) is -0.280. The first-order chi connectivity index (χ1) is 9.38. The molecule has 0 bridgehead atoms. The Hall–Kier alpha value is -0.980. The lowest BCUT2D eigenvalue weighted by atomic mass is 10.1. The van der Waals surface area contributed by atoms with Gasteiger partial charge in [0, 0.05) is 21.4 Å². The van der Waals surface area contributed by atoms with E-state index in [1.807, 2.05) is 25.1 Å². The summed E-state index contributed by atoms with van der Waals surface area (Å²) in [4.78, 5) is 0.337. The predicted octanol–water partition coefficient (Wildman–Crippen LogP) is 5.04. The van der Waals surface area contributed by atoms with Gasteiger partial charge < -0.3 is 11.1 Å². The van der Waals surface area contributed by atoms with E-state index in [2.05, 4.69) is 37.2 Å². The van der Waals surface area contributed by atoms with Crippen LogP contribution in [0.15, 0.2) is 39.3 Å². The normalized spacial score (nSPS) is 10.4. The monoisotopic (exact) mass is 416 g/mol. The zero-order valence-corrected chi connectivity index (χ0v) is 14.5. The average molecular weight is 418 g/mol. The summed E-state index contributed by atoms with van der Waals surface area (Å²) in [6.07, 6.45) is 0. The van der Waals surface area contributed by atoms with Gasteiger partial charge in [-0.1, -0.05) is 12.2 Å². The van der Waals surface area contributed by atoms with Gasteiger partial charge >= 0.3 is 0 Å². The molecule has 0 aliphatic heterocycles. The topological polar surface area (TPSA) is 38.0 Å². The molecule has 0 saturated carbocycles. The Morgan fingerprint density at radius 2 is 1.90 bits per heavy atom. The molecule has 6 heteroatoms. The summed E-state index contributed by atoms with van der Waals surface area (Å²) in [5.41, 5.74) is 8.90. The van der Waals surface area contributed by atoms with Gasteiger partial charge in [0.25, 0.3) is 0 Å². The average Bonchev–Trinajstić information content (AvgIpc) is 2.35. The van der Waals surface area contributed by atoms with E-state index >= 15 is 0 Å². The maximum Gasteiger partial charge on any atom is 0.137 e. The lowest BCUT2D eigenvalue weighted by molar-refractivity contribution is 0.620. The molecule has 0 saturated heterocycles. The lowest BCUT2D eigenvalue weighted by Crippen LogP contribution is -2.10. The smallest absolute Gasteiger partial charge is 0.137 e. The van der Waals surface area contributed by atoms with Crippen molar-refractivity contribution in [1.82, 2.24) is 0 Å². The second-order valence-corrected chi connectivity index (χ2v) is 6.41. The van der Waals surface area contributed by atoms with Crippen LogP contribution in [0.1, 0.15) is 11.1 Å². The van der Waals surface area contributed by atoms with E-state index in [-0.39, 0.29) is 5.82 Å². The zero-order valence-electron chi connectivity index (χ0n) is 10.5. The van der Waals surface area contributed by atoms with Crippen LogP contribution in [0, 0.1) is 12.7 Å². The number of hydrogen-bond acceptors (Lipinski definition) is 2. The van der Waals surface area contributed by atoms with Crippen molar-refractivity contribution in [1.29, 1.82) is 0 Å². The molecular formula is C14H11Br2FN2S. The van der Waals surface area contributed by atoms with E-state index in [9.17, 15) is 4.39 Å². The third-order valence-corrected chi connectivity index (χ3v) is 4.26. The first-order valence-corrected chi connectivity index (χ1v) is 7.70. The van der Waals surface area contributed by atoms with Crippen LogP contribution < -0.4 is 11.1 Å². The summed E-state index contributed by atoms with van der Waals surface area (Å²) >= 11 is 11.6. The van der Waals surface area contributed by atoms with Gasteiger partial charge in [-0.3, -0.25) is 0 Å². The molecule has 0 aliphatic rings. The molecule has 3 N–H and O–H groups in total. The molecule has 2 aromatic carbocycles. The molecule has 0 aromatic heterocycles. The Bertz CT molecular complexity index is 689. The van der Waals surface area contributed by atoms with Crippen LogP contribution in [0.25, 0.3) is 0 Å². The largest absolute Gasteiger partial charge is 0.389 e. The molecule has 0 fully saturated rings. The fourth-order valence-electron chi connectivity index (χ4n) is 1.73. The van der Waals surface area contributed by atoms with Gasteiger partial charge in [-0.05, 0) is 74.7 Å². The van der Waals surface area contributed by atoms with Crippen LogP contribution in [0.5, 0.6) is 0 Å². The molecule has 0 atom stereocenters. The van der Waals surface area contributed by atoms with Gasteiger partial charge in [0.2, 0.25) is 0 Å². The van der Waals surface area contributed by atoms with Crippen molar-refractivity contribution in [3.8, 4) is 0 Å². The fourth-order valence-corrected chi connectivity index (χ4v) is 2.97. The number of aryl methyl sites for hydroxylation is 1. The number of hydrogen-bond donors (Lipinski definition) is 2. The summed E-state index contributed by atoms with van der Waals surface area (Å²) in [5, 5.41) is 3.24. The molecule has 0 spiro atoms. The summed E-state index contributed by atoms with van der Waals surface area (Å²) in [7, 11) is 0. The number of nitrogens with one attached hydrogen (secondary N) is 1. The van der Waals surface area contributed by atoms with Crippen molar-refractivity contribution in [2.24, 2.45) is 5.73 Å². The first kappa shape index (κ1) is 15.4. The van der Waals surface area contributed by atoms with E-state index in [4.69, 9.17) is 18.0 Å². The number of benzene rings is 2. The molecule has 104 valence electrons. The molecule has 0 unspecified atom stereocenters. The standard InChI is InChI=1S/C14H11Br2FN2S/c1-7-4-12(17)11(16)6-13(7)19-8-2-3-9(14(18)20)10(15)5-8/h2-6,19H,1H3,(H2,18,20). The molecule has 2 rings (SSSR count). The van der Waals surface area contributed by atoms with Gasteiger partial charge in [0.15, 0.2) is 0 Å². The van der Waals surface area contributed by atoms with Crippen molar-refractivity contribution in [2.45, 2.75) is 6.92 Å². The second kappa shape index (κ2) is 6.20. The van der Waals surface area contributed by atoms with E-state index in [1.54, 1.807) is 6.07 Å². The highest BCUT2D eigenvalue weighted by Gasteiger charge is 2.08. The van der Waals surface area contributed by atoms with Crippen LogP contribution in [-0.2, 0) is 0 Å². The predicted molar refractivity (Wildman–Crippen MR) is 92.1 cm³/mol. The number of rotatable bonds is 3. The quantitative estimate of drug-likeness (QED) is 0.687. The Balaban J connectivity index is 2.33. The third-order valence-electron chi connectivity index (χ3n) is 2.78. The molecule has 2 aromatic rings. The number of halogens is 3. The Morgan fingerprint density at radius 1 is 1.20 bits per heavy atom. The third kappa shape index (κ3) is 3.37. The van der Waals surface area contributed by atoms with E-state index in [1.165, 1.54) is 6.07 Å². The van der Waals surface area contributed by atoms with Gasteiger partial charge in [-0.2, -0.15) is 0 Å². The van der Waals surface area contributed by atoms with Gasteiger partial charge in [0.05, 0.1) is 4.47 Å². The van der Waals surface area contributed by atoms with Gasteiger partial charge in [-0.25, -0.2) is 4.39 Å². The van der Waals surface area contributed by atoms with Gasteiger partial charge in [0.1, 0.15) is 10.8 Å². The van der Waals surface area contributed by atoms with Crippen molar-refractivity contribution >= 4 is 60.4 Å².